The number of ether oxygens (including phenoxy) is 2. The molecule has 1 atom stereocenters. The van der Waals surface area contributed by atoms with Crippen molar-refractivity contribution in [3.63, 3.8) is 0 Å². The van der Waals surface area contributed by atoms with Crippen LogP contribution in [0.3, 0.4) is 0 Å². The molecule has 0 spiro atoms. The Morgan fingerprint density at radius 3 is 2.50 bits per heavy atom. The van der Waals surface area contributed by atoms with Crippen LogP contribution >= 0.6 is 0 Å². The fraction of sp³-hybridized carbons (Fsp3) is 0.412. The van der Waals surface area contributed by atoms with Gasteiger partial charge in [0.15, 0.2) is 0 Å². The third-order valence-corrected chi connectivity index (χ3v) is 4.83. The average Bonchev–Trinajstić information content (AvgIpc) is 2.59. The standard InChI is InChI=1S/C17H19F3O5S/c1-3-5-14(12-7-9-13(23-2)10-8-12)15-6-4-11-24-16(15)25-26(21,22)17(18,19)20/h3,7-10,14H,1,4-6,11H2,2H3. The van der Waals surface area contributed by atoms with Gasteiger partial charge in [-0.1, -0.05) is 18.2 Å². The van der Waals surface area contributed by atoms with Crippen LogP contribution in [0.2, 0.25) is 0 Å². The Kier molecular flexibility index (Phi) is 6.22. The zero-order valence-corrected chi connectivity index (χ0v) is 14.9. The highest BCUT2D eigenvalue weighted by Gasteiger charge is 2.50. The summed E-state index contributed by atoms with van der Waals surface area (Å²) in [6.45, 7) is 3.75. The lowest BCUT2D eigenvalue weighted by atomic mass is 9.85. The number of halogens is 3. The minimum atomic E-state index is -5.80. The molecule has 0 saturated heterocycles. The maximum Gasteiger partial charge on any atom is 0.534 e. The van der Waals surface area contributed by atoms with Crippen LogP contribution in [0.4, 0.5) is 13.2 Å². The van der Waals surface area contributed by atoms with E-state index in [1.165, 1.54) is 7.11 Å². The van der Waals surface area contributed by atoms with Crippen molar-refractivity contribution in [2.24, 2.45) is 0 Å². The van der Waals surface area contributed by atoms with Crippen molar-refractivity contribution in [1.82, 2.24) is 0 Å². The number of benzene rings is 1. The van der Waals surface area contributed by atoms with Crippen molar-refractivity contribution >= 4 is 10.1 Å². The molecule has 0 bridgehead atoms. The second-order valence-electron chi connectivity index (χ2n) is 5.60. The molecule has 0 fully saturated rings. The molecule has 26 heavy (non-hydrogen) atoms. The molecule has 1 aromatic rings. The van der Waals surface area contributed by atoms with Crippen molar-refractivity contribution in [1.29, 1.82) is 0 Å². The summed E-state index contributed by atoms with van der Waals surface area (Å²) in [6.07, 6.45) is 2.88. The van der Waals surface area contributed by atoms with Gasteiger partial charge in [-0.25, -0.2) is 0 Å². The minimum absolute atomic E-state index is 0.0790. The van der Waals surface area contributed by atoms with E-state index in [1.807, 2.05) is 0 Å². The van der Waals surface area contributed by atoms with Crippen LogP contribution in [0.5, 0.6) is 5.75 Å². The molecule has 1 aliphatic rings. The van der Waals surface area contributed by atoms with Gasteiger partial charge < -0.3 is 13.7 Å². The largest absolute Gasteiger partial charge is 0.534 e. The molecule has 1 unspecified atom stereocenters. The molecule has 1 aliphatic heterocycles. The second kappa shape index (κ2) is 8.03. The minimum Gasteiger partial charge on any atom is -0.497 e. The van der Waals surface area contributed by atoms with E-state index in [1.54, 1.807) is 30.3 Å². The van der Waals surface area contributed by atoms with Crippen molar-refractivity contribution < 1.29 is 35.2 Å². The number of hydrogen-bond donors (Lipinski definition) is 0. The Hall–Kier alpha value is -2.16. The van der Waals surface area contributed by atoms with Gasteiger partial charge in [0.05, 0.1) is 13.7 Å². The Labute approximate surface area is 150 Å². The van der Waals surface area contributed by atoms with E-state index >= 15 is 0 Å². The van der Waals surface area contributed by atoms with Crippen molar-refractivity contribution in [3.05, 3.63) is 54.0 Å². The van der Waals surface area contributed by atoms with Crippen LogP contribution < -0.4 is 4.74 Å². The van der Waals surface area contributed by atoms with Crippen LogP contribution in [-0.4, -0.2) is 27.6 Å². The molecule has 1 heterocycles. The first kappa shape index (κ1) is 20.2. The Balaban J connectivity index is 2.44. The van der Waals surface area contributed by atoms with Gasteiger partial charge in [0.1, 0.15) is 5.75 Å². The summed E-state index contributed by atoms with van der Waals surface area (Å²) in [7, 11) is -4.28. The molecule has 0 saturated carbocycles. The summed E-state index contributed by atoms with van der Waals surface area (Å²) in [4.78, 5) is 0. The van der Waals surface area contributed by atoms with Crippen LogP contribution in [0, 0.1) is 0 Å². The van der Waals surface area contributed by atoms with Gasteiger partial charge in [0.2, 0.25) is 0 Å². The smallest absolute Gasteiger partial charge is 0.497 e. The lowest BCUT2D eigenvalue weighted by molar-refractivity contribution is -0.0571. The van der Waals surface area contributed by atoms with Gasteiger partial charge in [-0.3, -0.25) is 0 Å². The highest BCUT2D eigenvalue weighted by atomic mass is 32.2. The van der Waals surface area contributed by atoms with Crippen molar-refractivity contribution in [2.75, 3.05) is 13.7 Å². The Morgan fingerprint density at radius 2 is 1.96 bits per heavy atom. The number of allylic oxidation sites excluding steroid dienone is 2. The first-order valence-electron chi connectivity index (χ1n) is 7.81. The van der Waals surface area contributed by atoms with Crippen LogP contribution in [0.1, 0.15) is 30.7 Å². The van der Waals surface area contributed by atoms with E-state index in [0.29, 0.717) is 30.6 Å². The molecular formula is C17H19F3O5S. The Bertz CT molecular complexity index is 767. The molecule has 144 valence electrons. The summed E-state index contributed by atoms with van der Waals surface area (Å²) in [5, 5.41) is 0. The summed E-state index contributed by atoms with van der Waals surface area (Å²) in [5.41, 5.74) is -4.41. The quantitative estimate of drug-likeness (QED) is 0.395. The van der Waals surface area contributed by atoms with Crippen molar-refractivity contribution in [2.45, 2.75) is 30.7 Å². The molecule has 0 aliphatic carbocycles. The normalized spacial score (nSPS) is 16.6. The predicted molar refractivity (Wildman–Crippen MR) is 88.8 cm³/mol. The van der Waals surface area contributed by atoms with E-state index in [4.69, 9.17) is 9.47 Å². The zero-order valence-electron chi connectivity index (χ0n) is 14.1. The third kappa shape index (κ3) is 4.51. The molecule has 1 aromatic carbocycles. The summed E-state index contributed by atoms with van der Waals surface area (Å²) >= 11 is 0. The zero-order chi connectivity index (χ0) is 19.4. The fourth-order valence-electron chi connectivity index (χ4n) is 2.65. The third-order valence-electron chi connectivity index (χ3n) is 3.90. The van der Waals surface area contributed by atoms with Gasteiger partial charge in [-0.2, -0.15) is 21.6 Å². The van der Waals surface area contributed by atoms with E-state index < -0.39 is 27.5 Å². The lowest BCUT2D eigenvalue weighted by Crippen LogP contribution is -2.27. The summed E-state index contributed by atoms with van der Waals surface area (Å²) < 4.78 is 75.2. The van der Waals surface area contributed by atoms with Gasteiger partial charge >= 0.3 is 15.6 Å². The van der Waals surface area contributed by atoms with Gasteiger partial charge in [0.25, 0.3) is 5.95 Å². The average molecular weight is 392 g/mol. The number of methoxy groups -OCH3 is 1. The molecule has 5 nitrogen and oxygen atoms in total. The van der Waals surface area contributed by atoms with Gasteiger partial charge in [-0.05, 0) is 37.0 Å². The highest BCUT2D eigenvalue weighted by Crippen LogP contribution is 2.38. The highest BCUT2D eigenvalue weighted by molar-refractivity contribution is 7.87. The van der Waals surface area contributed by atoms with Crippen LogP contribution in [0.25, 0.3) is 0 Å². The first-order valence-corrected chi connectivity index (χ1v) is 9.22. The number of hydrogen-bond acceptors (Lipinski definition) is 5. The van der Waals surface area contributed by atoms with Crippen molar-refractivity contribution in [3.8, 4) is 5.75 Å². The number of alkyl halides is 3. The second-order valence-corrected chi connectivity index (χ2v) is 7.14. The molecule has 0 N–H and O–H groups in total. The fourth-order valence-corrected chi connectivity index (χ4v) is 3.09. The lowest BCUT2D eigenvalue weighted by Gasteiger charge is -2.26. The number of rotatable bonds is 7. The topological polar surface area (TPSA) is 61.8 Å². The van der Waals surface area contributed by atoms with Crippen LogP contribution in [0.15, 0.2) is 48.4 Å². The van der Waals surface area contributed by atoms with Crippen LogP contribution in [-0.2, 0) is 19.0 Å². The molecule has 0 amide bonds. The molecular weight excluding hydrogens is 373 g/mol. The monoisotopic (exact) mass is 392 g/mol. The Morgan fingerprint density at radius 1 is 1.31 bits per heavy atom. The molecule has 2 rings (SSSR count). The summed E-state index contributed by atoms with van der Waals surface area (Å²) in [6, 6.07) is 6.93. The maximum atomic E-state index is 12.6. The van der Waals surface area contributed by atoms with E-state index in [9.17, 15) is 21.6 Å². The first-order chi connectivity index (χ1) is 12.2. The van der Waals surface area contributed by atoms with E-state index in [2.05, 4.69) is 10.8 Å². The molecule has 0 radical (unpaired) electrons. The van der Waals surface area contributed by atoms with E-state index in [0.717, 1.165) is 5.56 Å². The molecule has 9 heteroatoms. The SMILES string of the molecule is C=CCC(C1=C(OS(=O)(=O)C(F)(F)F)OCCC1)c1ccc(OC)cc1. The predicted octanol–water partition coefficient (Wildman–Crippen LogP) is 4.24. The van der Waals surface area contributed by atoms with E-state index in [-0.39, 0.29) is 6.61 Å². The summed E-state index contributed by atoms with van der Waals surface area (Å²) in [5.74, 6) is -0.399. The van der Waals surface area contributed by atoms with Gasteiger partial charge in [-0.15, -0.1) is 6.58 Å². The van der Waals surface area contributed by atoms with Gasteiger partial charge in [0, 0.05) is 11.5 Å². The molecule has 0 aromatic heterocycles. The maximum absolute atomic E-state index is 12.6.